The van der Waals surface area contributed by atoms with Crippen molar-refractivity contribution in [1.82, 2.24) is 4.90 Å². The quantitative estimate of drug-likeness (QED) is 0.786. The van der Waals surface area contributed by atoms with Crippen LogP contribution >= 0.6 is 12.2 Å². The van der Waals surface area contributed by atoms with Crippen LogP contribution in [0.25, 0.3) is 0 Å². The van der Waals surface area contributed by atoms with Crippen LogP contribution in [0.3, 0.4) is 0 Å². The van der Waals surface area contributed by atoms with Gasteiger partial charge in [0.25, 0.3) is 0 Å². The Hall–Kier alpha value is -1.42. The highest BCUT2D eigenvalue weighted by Gasteiger charge is 2.24. The highest BCUT2D eigenvalue weighted by atomic mass is 32.1. The van der Waals surface area contributed by atoms with Crippen LogP contribution in [0.15, 0.2) is 30.3 Å². The van der Waals surface area contributed by atoms with Gasteiger partial charge in [-0.25, -0.2) is 0 Å². The first-order chi connectivity index (χ1) is 9.51. The summed E-state index contributed by atoms with van der Waals surface area (Å²) in [4.78, 5) is 15.0. The van der Waals surface area contributed by atoms with Crippen molar-refractivity contribution in [3.63, 3.8) is 0 Å². The van der Waals surface area contributed by atoms with E-state index >= 15 is 0 Å². The van der Waals surface area contributed by atoms with E-state index in [-0.39, 0.29) is 17.7 Å². The number of amides is 1. The van der Waals surface area contributed by atoms with Crippen LogP contribution in [0.2, 0.25) is 0 Å². The smallest absolute Gasteiger partial charge is 0.230 e. The maximum absolute atomic E-state index is 12.7. The highest BCUT2D eigenvalue weighted by Crippen LogP contribution is 2.22. The van der Waals surface area contributed by atoms with Gasteiger partial charge in [0.1, 0.15) is 0 Å². The van der Waals surface area contributed by atoms with Gasteiger partial charge >= 0.3 is 0 Å². The van der Waals surface area contributed by atoms with E-state index in [1.54, 1.807) is 0 Å². The summed E-state index contributed by atoms with van der Waals surface area (Å²) < 4.78 is 0. The number of thiocarbonyl (C=S) groups is 1. The van der Waals surface area contributed by atoms with Crippen molar-refractivity contribution in [2.45, 2.75) is 33.1 Å². The van der Waals surface area contributed by atoms with E-state index < -0.39 is 0 Å². The zero-order valence-corrected chi connectivity index (χ0v) is 13.3. The summed E-state index contributed by atoms with van der Waals surface area (Å²) in [7, 11) is 0. The van der Waals surface area contributed by atoms with Crippen LogP contribution in [0.4, 0.5) is 0 Å². The zero-order valence-electron chi connectivity index (χ0n) is 12.5. The van der Waals surface area contributed by atoms with Gasteiger partial charge < -0.3 is 10.6 Å². The summed E-state index contributed by atoms with van der Waals surface area (Å²) in [5.41, 5.74) is 6.72. The maximum atomic E-state index is 12.7. The summed E-state index contributed by atoms with van der Waals surface area (Å²) in [5, 5.41) is 0. The lowest BCUT2D eigenvalue weighted by molar-refractivity contribution is -0.133. The fraction of sp³-hybridized carbons (Fsp3) is 0.500. The molecule has 0 aliphatic heterocycles. The summed E-state index contributed by atoms with van der Waals surface area (Å²) in [6.07, 6.45) is 0.792. The van der Waals surface area contributed by atoms with Crippen LogP contribution in [0.1, 0.15) is 38.7 Å². The largest absolute Gasteiger partial charge is 0.393 e. The SMILES string of the molecule is CCC(C(=O)N(CC)CC(C)C(N)=S)c1ccccc1. The second kappa shape index (κ2) is 8.00. The number of carbonyl (C=O) groups excluding carboxylic acids is 1. The first kappa shape index (κ1) is 16.6. The Balaban J connectivity index is 2.85. The average molecular weight is 292 g/mol. The molecule has 2 atom stereocenters. The summed E-state index contributed by atoms with van der Waals surface area (Å²) >= 11 is 5.00. The van der Waals surface area contributed by atoms with Crippen molar-refractivity contribution >= 4 is 23.1 Å². The van der Waals surface area contributed by atoms with E-state index in [1.165, 1.54) is 0 Å². The Kier molecular flexibility index (Phi) is 6.65. The normalized spacial score (nSPS) is 13.6. The summed E-state index contributed by atoms with van der Waals surface area (Å²) in [5.74, 6) is 0.112. The van der Waals surface area contributed by atoms with Crippen LogP contribution in [-0.2, 0) is 4.79 Å². The molecule has 0 aliphatic rings. The number of nitrogens with zero attached hydrogens (tertiary/aromatic N) is 1. The molecule has 4 heteroatoms. The minimum absolute atomic E-state index is 0.0437. The predicted molar refractivity (Wildman–Crippen MR) is 87.7 cm³/mol. The minimum Gasteiger partial charge on any atom is -0.393 e. The molecule has 0 spiro atoms. The van der Waals surface area contributed by atoms with E-state index in [1.807, 2.05) is 56.0 Å². The van der Waals surface area contributed by atoms with Crippen molar-refractivity contribution in [3.05, 3.63) is 35.9 Å². The zero-order chi connectivity index (χ0) is 15.1. The number of hydrogen-bond donors (Lipinski definition) is 1. The molecule has 1 aromatic carbocycles. The van der Waals surface area contributed by atoms with Gasteiger partial charge in [-0.15, -0.1) is 0 Å². The molecular weight excluding hydrogens is 268 g/mol. The number of likely N-dealkylation sites (N-methyl/N-ethyl adjacent to an activating group) is 1. The van der Waals surface area contributed by atoms with Gasteiger partial charge in [-0.3, -0.25) is 4.79 Å². The topological polar surface area (TPSA) is 46.3 Å². The molecule has 1 aromatic rings. The first-order valence-electron chi connectivity index (χ1n) is 7.14. The van der Waals surface area contributed by atoms with E-state index in [4.69, 9.17) is 18.0 Å². The molecule has 0 aromatic heterocycles. The third kappa shape index (κ3) is 4.30. The lowest BCUT2D eigenvalue weighted by atomic mass is 9.94. The van der Waals surface area contributed by atoms with Crippen molar-refractivity contribution in [2.75, 3.05) is 13.1 Å². The Labute approximate surface area is 127 Å². The van der Waals surface area contributed by atoms with Crippen molar-refractivity contribution in [2.24, 2.45) is 11.7 Å². The lowest BCUT2D eigenvalue weighted by Gasteiger charge is -2.28. The molecule has 2 unspecified atom stereocenters. The van der Waals surface area contributed by atoms with E-state index in [0.29, 0.717) is 18.1 Å². The molecular formula is C16H24N2OS. The molecule has 1 rings (SSSR count). The number of rotatable bonds is 7. The van der Waals surface area contributed by atoms with Crippen molar-refractivity contribution in [1.29, 1.82) is 0 Å². The standard InChI is InChI=1S/C16H24N2OS/c1-4-14(13-9-7-6-8-10-13)16(19)18(5-2)11-12(3)15(17)20/h6-10,12,14H,4-5,11H2,1-3H3,(H2,17,20). The molecule has 2 N–H and O–H groups in total. The molecule has 0 bridgehead atoms. The third-order valence-corrected chi connectivity index (χ3v) is 3.98. The molecule has 20 heavy (non-hydrogen) atoms. The Morgan fingerprint density at radius 2 is 1.90 bits per heavy atom. The first-order valence-corrected chi connectivity index (χ1v) is 7.55. The molecule has 0 radical (unpaired) electrons. The molecule has 0 fully saturated rings. The minimum atomic E-state index is -0.0882. The van der Waals surface area contributed by atoms with E-state index in [0.717, 1.165) is 12.0 Å². The Morgan fingerprint density at radius 1 is 1.30 bits per heavy atom. The van der Waals surface area contributed by atoms with E-state index in [2.05, 4.69) is 0 Å². The monoisotopic (exact) mass is 292 g/mol. The van der Waals surface area contributed by atoms with Crippen LogP contribution in [-0.4, -0.2) is 28.9 Å². The molecule has 0 saturated carbocycles. The second-order valence-corrected chi connectivity index (χ2v) is 5.52. The second-order valence-electron chi connectivity index (χ2n) is 5.05. The van der Waals surface area contributed by atoms with Gasteiger partial charge in [-0.05, 0) is 18.9 Å². The predicted octanol–water partition coefficient (Wildman–Crippen LogP) is 2.95. The fourth-order valence-corrected chi connectivity index (χ4v) is 2.33. The fourth-order valence-electron chi connectivity index (χ4n) is 2.25. The van der Waals surface area contributed by atoms with Gasteiger partial charge in [0, 0.05) is 19.0 Å². The molecule has 0 aliphatic carbocycles. The van der Waals surface area contributed by atoms with E-state index in [9.17, 15) is 4.79 Å². The lowest BCUT2D eigenvalue weighted by Crippen LogP contribution is -2.40. The number of carbonyl (C=O) groups is 1. The van der Waals surface area contributed by atoms with Gasteiger partial charge in [-0.2, -0.15) is 0 Å². The number of nitrogens with two attached hydrogens (primary N) is 1. The van der Waals surface area contributed by atoms with Gasteiger partial charge in [-0.1, -0.05) is 56.4 Å². The molecule has 0 saturated heterocycles. The van der Waals surface area contributed by atoms with Crippen molar-refractivity contribution < 1.29 is 4.79 Å². The average Bonchev–Trinajstić information content (AvgIpc) is 2.46. The number of hydrogen-bond acceptors (Lipinski definition) is 2. The van der Waals surface area contributed by atoms with Gasteiger partial charge in [0.2, 0.25) is 5.91 Å². The van der Waals surface area contributed by atoms with Crippen LogP contribution in [0, 0.1) is 5.92 Å². The van der Waals surface area contributed by atoms with Crippen molar-refractivity contribution in [3.8, 4) is 0 Å². The third-order valence-electron chi connectivity index (χ3n) is 3.58. The highest BCUT2D eigenvalue weighted by molar-refractivity contribution is 7.80. The maximum Gasteiger partial charge on any atom is 0.230 e. The Morgan fingerprint density at radius 3 is 2.35 bits per heavy atom. The number of benzene rings is 1. The summed E-state index contributed by atoms with van der Waals surface area (Å²) in [6.45, 7) is 7.26. The van der Waals surface area contributed by atoms with Crippen LogP contribution < -0.4 is 5.73 Å². The Bertz CT molecular complexity index is 447. The molecule has 3 nitrogen and oxygen atoms in total. The summed E-state index contributed by atoms with van der Waals surface area (Å²) in [6, 6.07) is 9.93. The molecule has 0 heterocycles. The molecule has 110 valence electrons. The van der Waals surface area contributed by atoms with Gasteiger partial charge in [0.15, 0.2) is 0 Å². The van der Waals surface area contributed by atoms with Gasteiger partial charge in [0.05, 0.1) is 10.9 Å². The molecule has 1 amide bonds. The van der Waals surface area contributed by atoms with Crippen LogP contribution in [0.5, 0.6) is 0 Å².